The second kappa shape index (κ2) is 9.67. The Morgan fingerprint density at radius 2 is 1.58 bits per heavy atom. The molecule has 6 nitrogen and oxygen atoms in total. The van der Waals surface area contributed by atoms with E-state index in [0.29, 0.717) is 10.7 Å². The fraction of sp³-hybridized carbons (Fsp3) is 0.0417. The van der Waals surface area contributed by atoms with Gasteiger partial charge in [-0.25, -0.2) is 4.79 Å². The highest BCUT2D eigenvalue weighted by Crippen LogP contribution is 2.29. The number of esters is 1. The highest BCUT2D eigenvalue weighted by atomic mass is 35.5. The average molecular weight is 502 g/mol. The molecule has 1 heterocycles. The summed E-state index contributed by atoms with van der Waals surface area (Å²) < 4.78 is 5.29. The van der Waals surface area contributed by atoms with Gasteiger partial charge in [0.15, 0.2) is 0 Å². The lowest BCUT2D eigenvalue weighted by atomic mass is 10.2. The van der Waals surface area contributed by atoms with E-state index in [1.807, 2.05) is 30.3 Å². The van der Waals surface area contributed by atoms with Gasteiger partial charge in [-0.05, 0) is 48.0 Å². The molecule has 0 aliphatic carbocycles. The van der Waals surface area contributed by atoms with Crippen LogP contribution in [0.3, 0.4) is 0 Å². The highest BCUT2D eigenvalue weighted by Gasteiger charge is 2.37. The number of amides is 2. The van der Waals surface area contributed by atoms with Crippen LogP contribution in [0.1, 0.15) is 15.9 Å². The highest BCUT2D eigenvalue weighted by molar-refractivity contribution is 6.48. The second-order valence-corrected chi connectivity index (χ2v) is 8.26. The minimum atomic E-state index is -0.621. The van der Waals surface area contributed by atoms with Crippen LogP contribution in [-0.4, -0.2) is 22.7 Å². The third kappa shape index (κ3) is 5.03. The number of nitrogens with zero attached hydrogens (tertiary/aromatic N) is 1. The average Bonchev–Trinajstić information content (AvgIpc) is 3.00. The van der Waals surface area contributed by atoms with Crippen molar-refractivity contribution in [1.29, 1.82) is 0 Å². The van der Waals surface area contributed by atoms with Crippen LogP contribution in [0.4, 0.5) is 5.69 Å². The summed E-state index contributed by atoms with van der Waals surface area (Å²) in [4.78, 5) is 38.7. The maximum absolute atomic E-state index is 12.8. The molecule has 0 saturated carbocycles. The van der Waals surface area contributed by atoms with Gasteiger partial charge in [0.2, 0.25) is 0 Å². The summed E-state index contributed by atoms with van der Waals surface area (Å²) in [6, 6.07) is 19.8. The zero-order chi connectivity index (χ0) is 23.5. The van der Waals surface area contributed by atoms with Crippen LogP contribution in [0.5, 0.6) is 5.75 Å². The molecule has 166 valence electrons. The lowest BCUT2D eigenvalue weighted by Gasteiger charge is -2.15. The number of halogens is 3. The van der Waals surface area contributed by atoms with Crippen molar-refractivity contribution >= 4 is 58.3 Å². The molecule has 0 radical (unpaired) electrons. The van der Waals surface area contributed by atoms with Gasteiger partial charge in [0.1, 0.15) is 16.5 Å². The van der Waals surface area contributed by atoms with Gasteiger partial charge in [0, 0.05) is 10.7 Å². The number of anilines is 1. The largest absolute Gasteiger partial charge is 0.421 e. The number of hydrogen-bond acceptors (Lipinski definition) is 5. The molecule has 0 saturated heterocycles. The van der Waals surface area contributed by atoms with Crippen molar-refractivity contribution in [1.82, 2.24) is 4.90 Å². The van der Waals surface area contributed by atoms with Gasteiger partial charge in [-0.2, -0.15) is 0 Å². The molecule has 3 aromatic rings. The maximum Gasteiger partial charge on any atom is 0.343 e. The van der Waals surface area contributed by atoms with E-state index in [1.54, 1.807) is 18.2 Å². The SMILES string of the molecule is O=C(Oc1ccc(Cl)cc1Cl)c1ccc(NC2=C(Cl)C(=O)N(Cc3ccccc3)C2=O)cc1. The molecule has 9 heteroatoms. The van der Waals surface area contributed by atoms with Gasteiger partial charge < -0.3 is 10.1 Å². The normalized spacial score (nSPS) is 13.5. The summed E-state index contributed by atoms with van der Waals surface area (Å²) in [7, 11) is 0. The molecule has 1 N–H and O–H groups in total. The molecule has 0 fully saturated rings. The summed E-state index contributed by atoms with van der Waals surface area (Å²) >= 11 is 18.0. The Morgan fingerprint density at radius 3 is 2.24 bits per heavy atom. The summed E-state index contributed by atoms with van der Waals surface area (Å²) in [6.07, 6.45) is 0. The van der Waals surface area contributed by atoms with E-state index < -0.39 is 17.8 Å². The Bertz CT molecular complexity index is 1270. The molecule has 1 aliphatic heterocycles. The fourth-order valence-electron chi connectivity index (χ4n) is 3.12. The van der Waals surface area contributed by atoms with Crippen molar-refractivity contribution < 1.29 is 19.1 Å². The van der Waals surface area contributed by atoms with Crippen LogP contribution in [0.15, 0.2) is 83.5 Å². The lowest BCUT2D eigenvalue weighted by molar-refractivity contribution is -0.138. The first-order chi connectivity index (χ1) is 15.8. The van der Waals surface area contributed by atoms with Crippen LogP contribution in [-0.2, 0) is 16.1 Å². The molecule has 2 amide bonds. The first kappa shape index (κ1) is 22.9. The van der Waals surface area contributed by atoms with Gasteiger partial charge in [-0.1, -0.05) is 65.1 Å². The molecule has 0 spiro atoms. The molecular formula is C24H15Cl3N2O4. The zero-order valence-corrected chi connectivity index (χ0v) is 19.1. The lowest BCUT2D eigenvalue weighted by Crippen LogP contribution is -2.31. The minimum Gasteiger partial charge on any atom is -0.421 e. The molecule has 0 aromatic heterocycles. The van der Waals surface area contributed by atoms with Crippen LogP contribution >= 0.6 is 34.8 Å². The van der Waals surface area contributed by atoms with Crippen LogP contribution < -0.4 is 10.1 Å². The fourth-order valence-corrected chi connectivity index (χ4v) is 3.79. The van der Waals surface area contributed by atoms with E-state index >= 15 is 0 Å². The van der Waals surface area contributed by atoms with Crippen LogP contribution in [0.25, 0.3) is 0 Å². The van der Waals surface area contributed by atoms with Gasteiger partial charge in [-0.3, -0.25) is 14.5 Å². The minimum absolute atomic E-state index is 0.0270. The van der Waals surface area contributed by atoms with Crippen molar-refractivity contribution in [3.63, 3.8) is 0 Å². The molecule has 4 rings (SSSR count). The predicted molar refractivity (Wildman–Crippen MR) is 126 cm³/mol. The van der Waals surface area contributed by atoms with E-state index in [0.717, 1.165) is 10.5 Å². The molecule has 0 unspecified atom stereocenters. The molecular weight excluding hydrogens is 487 g/mol. The maximum atomic E-state index is 12.8. The smallest absolute Gasteiger partial charge is 0.343 e. The summed E-state index contributed by atoms with van der Waals surface area (Å²) in [5.41, 5.74) is 1.49. The standard InChI is InChI=1S/C24H15Cl3N2O4/c25-16-8-11-19(18(26)12-16)33-24(32)15-6-9-17(10-7-15)28-21-20(27)22(30)29(23(21)31)13-14-4-2-1-3-5-14/h1-12,28H,13H2. The van der Waals surface area contributed by atoms with Crippen molar-refractivity contribution in [2.75, 3.05) is 5.32 Å². The predicted octanol–water partition coefficient (Wildman–Crippen LogP) is 5.64. The van der Waals surface area contributed by atoms with E-state index in [9.17, 15) is 14.4 Å². The van der Waals surface area contributed by atoms with E-state index in [1.165, 1.54) is 24.3 Å². The molecule has 0 atom stereocenters. The molecule has 33 heavy (non-hydrogen) atoms. The Morgan fingerprint density at radius 1 is 0.879 bits per heavy atom. The van der Waals surface area contributed by atoms with E-state index in [2.05, 4.69) is 5.32 Å². The molecule has 1 aliphatic rings. The first-order valence-corrected chi connectivity index (χ1v) is 10.8. The number of carbonyl (C=O) groups excluding carboxylic acids is 3. The van der Waals surface area contributed by atoms with Crippen LogP contribution in [0, 0.1) is 0 Å². The Labute approximate surface area is 204 Å². The summed E-state index contributed by atoms with van der Waals surface area (Å²) in [5.74, 6) is -1.55. The van der Waals surface area contributed by atoms with Crippen molar-refractivity contribution in [3.05, 3.63) is 105 Å². The van der Waals surface area contributed by atoms with Crippen molar-refractivity contribution in [2.45, 2.75) is 6.54 Å². The van der Waals surface area contributed by atoms with E-state index in [4.69, 9.17) is 39.5 Å². The molecule has 0 bridgehead atoms. The number of benzene rings is 3. The topological polar surface area (TPSA) is 75.7 Å². The zero-order valence-electron chi connectivity index (χ0n) is 16.8. The number of nitrogens with one attached hydrogen (secondary N) is 1. The number of carbonyl (C=O) groups is 3. The van der Waals surface area contributed by atoms with Crippen molar-refractivity contribution in [3.8, 4) is 5.75 Å². The number of ether oxygens (including phenoxy) is 1. The summed E-state index contributed by atoms with van der Waals surface area (Å²) in [6.45, 7) is 0.109. The Balaban J connectivity index is 1.44. The second-order valence-electron chi connectivity index (χ2n) is 7.04. The van der Waals surface area contributed by atoms with Gasteiger partial charge in [0.25, 0.3) is 11.8 Å². The van der Waals surface area contributed by atoms with Gasteiger partial charge in [-0.15, -0.1) is 0 Å². The Kier molecular flexibility index (Phi) is 6.70. The third-order valence-corrected chi connectivity index (χ3v) is 5.66. The summed E-state index contributed by atoms with van der Waals surface area (Å²) in [5, 5.41) is 3.30. The monoisotopic (exact) mass is 500 g/mol. The Hall–Kier alpha value is -3.32. The van der Waals surface area contributed by atoms with Gasteiger partial charge in [0.05, 0.1) is 17.1 Å². The number of hydrogen-bond donors (Lipinski definition) is 1. The molecule has 3 aromatic carbocycles. The van der Waals surface area contributed by atoms with Crippen LogP contribution in [0.2, 0.25) is 10.0 Å². The van der Waals surface area contributed by atoms with Gasteiger partial charge >= 0.3 is 5.97 Å². The van der Waals surface area contributed by atoms with Crippen molar-refractivity contribution in [2.24, 2.45) is 0 Å². The first-order valence-electron chi connectivity index (χ1n) is 9.67. The number of imide groups is 1. The van der Waals surface area contributed by atoms with E-state index in [-0.39, 0.29) is 33.6 Å². The quantitative estimate of drug-likeness (QED) is 0.269. The number of rotatable bonds is 6. The third-order valence-electron chi connectivity index (χ3n) is 4.78.